The Morgan fingerprint density at radius 3 is 1.39 bits per heavy atom. The molecule has 0 atom stereocenters. The van der Waals surface area contributed by atoms with Gasteiger partial charge in [0.05, 0.1) is 38.4 Å². The molecule has 0 bridgehead atoms. The number of benzene rings is 9. The summed E-state index contributed by atoms with van der Waals surface area (Å²) < 4.78 is 251. The molecule has 9 aromatic carbocycles. The Labute approximate surface area is 295 Å². The summed E-state index contributed by atoms with van der Waals surface area (Å²) in [5, 5.41) is -6.77. The lowest BCUT2D eigenvalue weighted by Crippen LogP contribution is -1.92. The largest absolute Gasteiger partial charge is 0.0636 e. The van der Waals surface area contributed by atoms with Crippen LogP contribution in [0.4, 0.5) is 0 Å². The molecule has 0 nitrogen and oxygen atoms in total. The van der Waals surface area contributed by atoms with Crippen molar-refractivity contribution in [1.82, 2.24) is 0 Å². The van der Waals surface area contributed by atoms with Crippen LogP contribution < -0.4 is 0 Å². The molecule has 9 rings (SSSR count). The van der Waals surface area contributed by atoms with Gasteiger partial charge in [0.15, 0.2) is 0 Å². The van der Waals surface area contributed by atoms with Gasteiger partial charge in [0.1, 0.15) is 0 Å². The molecule has 0 saturated carbocycles. The number of rotatable bonds is 3. The van der Waals surface area contributed by atoms with Gasteiger partial charge in [0, 0.05) is 0 Å². The first-order valence-corrected chi connectivity index (χ1v) is 13.0. The average Bonchev–Trinajstić information content (AvgIpc) is 3.35. The van der Waals surface area contributed by atoms with Crippen molar-refractivity contribution in [1.29, 1.82) is 0 Å². The van der Waals surface area contributed by atoms with E-state index in [1.807, 2.05) is 0 Å². The smallest absolute Gasteiger partial charge is 0.0616 e. The molecule has 0 spiro atoms. The standard InChI is InChI=1S/C44H28/c1-3-15-33-29(12-1)14-11-23-34(33)30-24-26-31(27-25-30)43-38-19-7-9-21-40(38)44(41-22-10-8-20-39(41)43)42-28-32-13-2-4-16-35(32)36-17-5-6-18-37(36)42/h1-28H/i1D,2D,3D,4D,5D,6D,7D,8D,9D,10D,11D,12D,13D,14D,15D,16D,17D,18D,19D,20D,21D,22D,23D,24D,25D,26D,27D,28D. The lowest BCUT2D eigenvalue weighted by atomic mass is 9.83. The Kier molecular flexibility index (Phi) is 2.18. The zero-order valence-electron chi connectivity index (χ0n) is 50.0. The predicted molar refractivity (Wildman–Crippen MR) is 190 cm³/mol. The molecule has 0 aliphatic rings. The summed E-state index contributed by atoms with van der Waals surface area (Å²) in [5.74, 6) is 0. The lowest BCUT2D eigenvalue weighted by molar-refractivity contribution is 1.63. The van der Waals surface area contributed by atoms with Gasteiger partial charge in [-0.3, -0.25) is 0 Å². The van der Waals surface area contributed by atoms with Gasteiger partial charge in [-0.2, -0.15) is 0 Å². The summed E-state index contributed by atoms with van der Waals surface area (Å²) in [7, 11) is 0. The van der Waals surface area contributed by atoms with E-state index in [-0.39, 0.29) is 0 Å². The fourth-order valence-electron chi connectivity index (χ4n) is 5.34. The summed E-state index contributed by atoms with van der Waals surface area (Å²) in [6.07, 6.45) is 0. The van der Waals surface area contributed by atoms with Gasteiger partial charge in [-0.25, -0.2) is 0 Å². The van der Waals surface area contributed by atoms with Crippen molar-refractivity contribution in [3.8, 4) is 33.4 Å². The van der Waals surface area contributed by atoms with E-state index < -0.39 is 256 Å². The van der Waals surface area contributed by atoms with Crippen molar-refractivity contribution < 1.29 is 38.4 Å². The van der Waals surface area contributed by atoms with E-state index in [9.17, 15) is 13.7 Å². The number of hydrogen-bond donors (Lipinski definition) is 0. The molecule has 0 aliphatic carbocycles. The molecule has 204 valence electrons. The number of fused-ring (bicyclic) bond motifs is 6. The maximum absolute atomic E-state index is 9.77. The van der Waals surface area contributed by atoms with Crippen molar-refractivity contribution in [2.45, 2.75) is 0 Å². The van der Waals surface area contributed by atoms with E-state index in [4.69, 9.17) is 24.7 Å². The SMILES string of the molecule is [2H]c1c([2H])c(-c2c3c([2H])c([2H])c([2H])c([2H])c3c(-c3c([2H])c4c([2H])c([2H])c([2H])c([2H])c4c4c([2H])c([2H])c([2H])c([2H])c34)c3c([2H])c([2H])c([2H])c([2H])c23)c([2H])c([2H])c1-c1c([2H])c([2H])c([2H])c2c([2H])c([2H])c([2H])c([2H])c12. The van der Waals surface area contributed by atoms with E-state index in [1.165, 1.54) is 0 Å². The first-order chi connectivity index (χ1) is 33.5. The Bertz CT molecular complexity index is 4000. The first kappa shape index (κ1) is 9.64. The van der Waals surface area contributed by atoms with Crippen LogP contribution in [-0.4, -0.2) is 0 Å². The van der Waals surface area contributed by atoms with E-state index in [1.54, 1.807) is 0 Å². The van der Waals surface area contributed by atoms with Crippen molar-refractivity contribution in [3.05, 3.63) is 169 Å². The summed E-state index contributed by atoms with van der Waals surface area (Å²) in [4.78, 5) is 0. The van der Waals surface area contributed by atoms with Crippen LogP contribution in [0.3, 0.4) is 0 Å². The lowest BCUT2D eigenvalue weighted by Gasteiger charge is -2.19. The topological polar surface area (TPSA) is 0 Å². The van der Waals surface area contributed by atoms with Gasteiger partial charge in [-0.15, -0.1) is 0 Å². The number of hydrogen-bond acceptors (Lipinski definition) is 0. The molecular weight excluding hydrogens is 528 g/mol. The molecule has 0 N–H and O–H groups in total. The summed E-state index contributed by atoms with van der Waals surface area (Å²) in [6, 6.07) is -26.7. The molecule has 0 unspecified atom stereocenters. The monoisotopic (exact) mass is 584 g/mol. The van der Waals surface area contributed by atoms with Crippen LogP contribution in [0.25, 0.3) is 87.2 Å². The van der Waals surface area contributed by atoms with Crippen LogP contribution in [0.15, 0.2) is 169 Å². The van der Waals surface area contributed by atoms with Gasteiger partial charge in [0.25, 0.3) is 0 Å². The average molecular weight is 585 g/mol. The third-order valence-electron chi connectivity index (χ3n) is 7.19. The predicted octanol–water partition coefficient (Wildman–Crippen LogP) is 12.5. The Morgan fingerprint density at radius 2 is 0.727 bits per heavy atom. The van der Waals surface area contributed by atoms with E-state index in [0.717, 1.165) is 0 Å². The second-order valence-corrected chi connectivity index (χ2v) is 9.50. The second kappa shape index (κ2) is 9.93. The maximum atomic E-state index is 9.77. The van der Waals surface area contributed by atoms with E-state index >= 15 is 0 Å². The van der Waals surface area contributed by atoms with Gasteiger partial charge < -0.3 is 0 Å². The Hall–Kier alpha value is -5.72. The molecule has 44 heavy (non-hydrogen) atoms. The molecule has 0 aliphatic heterocycles. The molecular formula is C44H28. The molecule has 0 saturated heterocycles. The highest BCUT2D eigenvalue weighted by atomic mass is 14.2. The van der Waals surface area contributed by atoms with Gasteiger partial charge in [-0.1, -0.05) is 163 Å². The highest BCUT2D eigenvalue weighted by Crippen LogP contribution is 2.46. The molecule has 0 amide bonds. The van der Waals surface area contributed by atoms with Crippen LogP contribution in [0.1, 0.15) is 38.4 Å². The van der Waals surface area contributed by atoms with E-state index in [2.05, 4.69) is 0 Å². The fourth-order valence-corrected chi connectivity index (χ4v) is 5.34. The highest BCUT2D eigenvalue weighted by Gasteiger charge is 2.19. The molecule has 0 heteroatoms. The van der Waals surface area contributed by atoms with Crippen LogP contribution in [0, 0.1) is 0 Å². The van der Waals surface area contributed by atoms with Crippen molar-refractivity contribution in [2.24, 2.45) is 0 Å². The summed E-state index contributed by atoms with van der Waals surface area (Å²) in [5.41, 5.74) is -4.70. The van der Waals surface area contributed by atoms with Gasteiger partial charge >= 0.3 is 0 Å². The summed E-state index contributed by atoms with van der Waals surface area (Å²) >= 11 is 0. The molecule has 0 aromatic heterocycles. The minimum absolute atomic E-state index is 0.552. The minimum atomic E-state index is -1.11. The second-order valence-electron chi connectivity index (χ2n) is 9.50. The molecule has 9 aromatic rings. The Balaban J connectivity index is 1.62. The third-order valence-corrected chi connectivity index (χ3v) is 7.19. The zero-order valence-corrected chi connectivity index (χ0v) is 22.0. The highest BCUT2D eigenvalue weighted by molar-refractivity contribution is 6.25. The van der Waals surface area contributed by atoms with E-state index in [0.29, 0.717) is 0 Å². The molecule has 0 radical (unpaired) electrons. The van der Waals surface area contributed by atoms with Crippen LogP contribution in [-0.2, 0) is 0 Å². The zero-order chi connectivity index (χ0) is 53.4. The fraction of sp³-hybridized carbons (Fsp3) is 0. The van der Waals surface area contributed by atoms with Crippen LogP contribution in [0.5, 0.6) is 0 Å². The van der Waals surface area contributed by atoms with Gasteiger partial charge in [-0.05, 0) is 93.3 Å². The van der Waals surface area contributed by atoms with Crippen molar-refractivity contribution in [3.63, 3.8) is 0 Å². The van der Waals surface area contributed by atoms with Crippen LogP contribution in [0.2, 0.25) is 0 Å². The van der Waals surface area contributed by atoms with Gasteiger partial charge in [0.2, 0.25) is 0 Å². The normalized spacial score (nSPS) is 20.5. The summed E-state index contributed by atoms with van der Waals surface area (Å²) in [6.45, 7) is 0. The Morgan fingerprint density at radius 1 is 0.273 bits per heavy atom. The van der Waals surface area contributed by atoms with Crippen molar-refractivity contribution >= 4 is 53.9 Å². The minimum Gasteiger partial charge on any atom is -0.0616 e. The first-order valence-electron chi connectivity index (χ1n) is 27.0. The van der Waals surface area contributed by atoms with Crippen LogP contribution >= 0.6 is 0 Å². The molecule has 0 fully saturated rings. The third kappa shape index (κ3) is 3.78. The maximum Gasteiger partial charge on any atom is 0.0636 e. The quantitative estimate of drug-likeness (QED) is 0.143. The van der Waals surface area contributed by atoms with Crippen molar-refractivity contribution in [2.75, 3.05) is 0 Å². The molecule has 0 heterocycles.